The van der Waals surface area contributed by atoms with Crippen LogP contribution in [0.25, 0.3) is 0 Å². The third-order valence-electron chi connectivity index (χ3n) is 7.39. The maximum absolute atomic E-state index is 13.0. The van der Waals surface area contributed by atoms with E-state index in [-0.39, 0.29) is 37.7 Å². The topological polar surface area (TPSA) is 130 Å². The van der Waals surface area contributed by atoms with Crippen LogP contribution in [-0.2, 0) is 25.7 Å². The van der Waals surface area contributed by atoms with Crippen LogP contribution >= 0.6 is 11.8 Å². The standard InChI is InChI=1S/C28H30F3N5O5S/c1-16-22(14-42-27-32-15-33-35-27)40-25(41-23(16)18-9-7-17(13-37)8-10-18)19-4-2-5-20(12-19)34-24(38)21-6-3-11-36(21)26(39)28(29,30)31/h2,4-5,7-10,12,15-16,21-23,25,37H,3,6,11,13-14H2,1H3,(H,34,38)(H,32,33,35)/t16-,21+,22+,23+,25+/m1/s1. The summed E-state index contributed by atoms with van der Waals surface area (Å²) in [6.45, 7) is 1.82. The van der Waals surface area contributed by atoms with Crippen molar-refractivity contribution in [2.45, 2.75) is 62.2 Å². The number of hydrogen-bond donors (Lipinski definition) is 3. The van der Waals surface area contributed by atoms with E-state index < -0.39 is 30.3 Å². The molecule has 2 aliphatic heterocycles. The van der Waals surface area contributed by atoms with Crippen LogP contribution in [0.4, 0.5) is 18.9 Å². The molecule has 3 heterocycles. The Bertz CT molecular complexity index is 1380. The fourth-order valence-corrected chi connectivity index (χ4v) is 6.11. The van der Waals surface area contributed by atoms with Crippen LogP contribution in [0.2, 0.25) is 0 Å². The second kappa shape index (κ2) is 12.8. The molecule has 2 aromatic carbocycles. The van der Waals surface area contributed by atoms with Crippen LogP contribution in [0.15, 0.2) is 60.0 Å². The normalized spacial score (nSPS) is 24.5. The number of nitrogens with zero attached hydrogens (tertiary/aromatic N) is 3. The number of anilines is 1. The average Bonchev–Trinajstić information content (AvgIpc) is 3.69. The van der Waals surface area contributed by atoms with E-state index in [0.29, 0.717) is 33.5 Å². The van der Waals surface area contributed by atoms with Crippen molar-refractivity contribution in [3.8, 4) is 0 Å². The monoisotopic (exact) mass is 605 g/mol. The Morgan fingerprint density at radius 1 is 1.17 bits per heavy atom. The molecule has 1 aromatic heterocycles. The molecule has 2 fully saturated rings. The summed E-state index contributed by atoms with van der Waals surface area (Å²) in [6.07, 6.45) is -4.65. The Hall–Kier alpha value is -3.46. The molecule has 42 heavy (non-hydrogen) atoms. The Morgan fingerprint density at radius 3 is 2.64 bits per heavy atom. The Labute approximate surface area is 244 Å². The van der Waals surface area contributed by atoms with Gasteiger partial charge in [-0.3, -0.25) is 14.7 Å². The maximum Gasteiger partial charge on any atom is 0.471 e. The molecule has 2 saturated heterocycles. The van der Waals surface area contributed by atoms with Gasteiger partial charge in [0.05, 0.1) is 18.8 Å². The van der Waals surface area contributed by atoms with Gasteiger partial charge in [0, 0.05) is 29.5 Å². The number of rotatable bonds is 8. The lowest BCUT2D eigenvalue weighted by atomic mass is 9.91. The maximum atomic E-state index is 13.0. The second-order valence-electron chi connectivity index (χ2n) is 10.2. The first-order valence-electron chi connectivity index (χ1n) is 13.4. The molecular weight excluding hydrogens is 575 g/mol. The van der Waals surface area contributed by atoms with Crippen molar-refractivity contribution in [2.24, 2.45) is 5.92 Å². The number of carbonyl (C=O) groups is 2. The van der Waals surface area contributed by atoms with Crippen molar-refractivity contribution in [1.82, 2.24) is 20.1 Å². The summed E-state index contributed by atoms with van der Waals surface area (Å²) in [5.41, 5.74) is 2.61. The molecule has 3 N–H and O–H groups in total. The van der Waals surface area contributed by atoms with Gasteiger partial charge in [0.15, 0.2) is 11.4 Å². The third-order valence-corrected chi connectivity index (χ3v) is 8.35. The zero-order valence-electron chi connectivity index (χ0n) is 22.6. The highest BCUT2D eigenvalue weighted by Gasteiger charge is 2.47. The lowest BCUT2D eigenvalue weighted by Crippen LogP contribution is -2.48. The number of likely N-dealkylation sites (tertiary alicyclic amines) is 1. The van der Waals surface area contributed by atoms with Gasteiger partial charge in [-0.25, -0.2) is 4.98 Å². The molecular formula is C28H30F3N5O5S. The molecule has 14 heteroatoms. The first kappa shape index (κ1) is 30.0. The van der Waals surface area contributed by atoms with Gasteiger partial charge >= 0.3 is 12.1 Å². The van der Waals surface area contributed by atoms with Gasteiger partial charge in [-0.05, 0) is 36.1 Å². The molecule has 0 spiro atoms. The fraction of sp³-hybridized carbons (Fsp3) is 0.429. The van der Waals surface area contributed by atoms with Crippen molar-refractivity contribution >= 4 is 29.3 Å². The summed E-state index contributed by atoms with van der Waals surface area (Å²) < 4.78 is 51.9. The largest absolute Gasteiger partial charge is 0.471 e. The smallest absolute Gasteiger partial charge is 0.392 e. The number of H-pyrrole nitrogens is 1. The number of thioether (sulfide) groups is 1. The summed E-state index contributed by atoms with van der Waals surface area (Å²) in [4.78, 5) is 29.5. The first-order chi connectivity index (χ1) is 20.1. The average molecular weight is 606 g/mol. The van der Waals surface area contributed by atoms with Gasteiger partial charge in [-0.1, -0.05) is 55.1 Å². The highest BCUT2D eigenvalue weighted by atomic mass is 32.2. The molecule has 5 atom stereocenters. The summed E-state index contributed by atoms with van der Waals surface area (Å²) >= 11 is 1.46. The SMILES string of the molecule is C[C@@H]1[C@H](CSc2ncn[nH]2)O[C@H](c2cccc(NC(=O)[C@@H]3CCCN3C(=O)C(F)(F)F)c2)O[C@@H]1c1ccc(CO)cc1. The summed E-state index contributed by atoms with van der Waals surface area (Å²) in [5, 5.41) is 19.5. The van der Waals surface area contributed by atoms with Gasteiger partial charge in [0.25, 0.3) is 0 Å². The quantitative estimate of drug-likeness (QED) is 0.323. The van der Waals surface area contributed by atoms with Crippen LogP contribution in [0.5, 0.6) is 0 Å². The van der Waals surface area contributed by atoms with Gasteiger partial charge < -0.3 is 24.8 Å². The number of aliphatic hydroxyl groups excluding tert-OH is 1. The Balaban J connectivity index is 1.34. The number of ether oxygens (including phenoxy) is 2. The van der Waals surface area contributed by atoms with E-state index in [1.54, 1.807) is 24.3 Å². The van der Waals surface area contributed by atoms with Gasteiger partial charge in [0.1, 0.15) is 12.4 Å². The number of benzene rings is 2. The first-order valence-corrected chi connectivity index (χ1v) is 14.4. The van der Waals surface area contributed by atoms with Crippen LogP contribution in [-0.4, -0.2) is 67.6 Å². The predicted octanol–water partition coefficient (Wildman–Crippen LogP) is 4.37. The molecule has 0 aliphatic carbocycles. The minimum absolute atomic E-state index is 0.0703. The zero-order chi connectivity index (χ0) is 29.9. The van der Waals surface area contributed by atoms with E-state index >= 15 is 0 Å². The van der Waals surface area contributed by atoms with E-state index in [0.717, 1.165) is 11.1 Å². The number of amides is 2. The van der Waals surface area contributed by atoms with Crippen molar-refractivity contribution in [2.75, 3.05) is 17.6 Å². The molecule has 5 rings (SSSR count). The van der Waals surface area contributed by atoms with Crippen molar-refractivity contribution in [1.29, 1.82) is 0 Å². The number of carbonyl (C=O) groups excluding carboxylic acids is 2. The number of aromatic nitrogens is 3. The lowest BCUT2D eigenvalue weighted by molar-refractivity contribution is -0.268. The van der Waals surface area contributed by atoms with Crippen LogP contribution in [0.1, 0.15) is 48.8 Å². The summed E-state index contributed by atoms with van der Waals surface area (Å²) in [5.74, 6) is -2.23. The van der Waals surface area contributed by atoms with E-state index in [9.17, 15) is 27.9 Å². The number of hydrogen-bond acceptors (Lipinski definition) is 8. The van der Waals surface area contributed by atoms with E-state index in [2.05, 4.69) is 20.5 Å². The number of aromatic amines is 1. The molecule has 10 nitrogen and oxygen atoms in total. The molecule has 2 aliphatic rings. The molecule has 0 bridgehead atoms. The molecule has 0 radical (unpaired) electrons. The molecule has 0 saturated carbocycles. The molecule has 3 aromatic rings. The van der Waals surface area contributed by atoms with Crippen molar-refractivity contribution < 1.29 is 37.3 Å². The predicted molar refractivity (Wildman–Crippen MR) is 146 cm³/mol. The van der Waals surface area contributed by atoms with Crippen LogP contribution in [0.3, 0.4) is 0 Å². The van der Waals surface area contributed by atoms with Gasteiger partial charge in [-0.2, -0.15) is 18.3 Å². The van der Waals surface area contributed by atoms with E-state index in [1.165, 1.54) is 18.1 Å². The van der Waals surface area contributed by atoms with Gasteiger partial charge in [-0.15, -0.1) is 0 Å². The highest BCUT2D eigenvalue weighted by molar-refractivity contribution is 7.99. The third kappa shape index (κ3) is 6.77. The fourth-order valence-electron chi connectivity index (χ4n) is 5.17. The Kier molecular flexibility index (Phi) is 9.16. The van der Waals surface area contributed by atoms with Crippen LogP contribution < -0.4 is 5.32 Å². The van der Waals surface area contributed by atoms with Crippen molar-refractivity contribution in [3.63, 3.8) is 0 Å². The number of halogens is 3. The van der Waals surface area contributed by atoms with Crippen molar-refractivity contribution in [3.05, 3.63) is 71.5 Å². The summed E-state index contributed by atoms with van der Waals surface area (Å²) in [7, 11) is 0. The number of aliphatic hydroxyl groups is 1. The van der Waals surface area contributed by atoms with E-state index in [1.807, 2.05) is 31.2 Å². The summed E-state index contributed by atoms with van der Waals surface area (Å²) in [6, 6.07) is 13.0. The lowest BCUT2D eigenvalue weighted by Gasteiger charge is -2.41. The Morgan fingerprint density at radius 2 is 1.95 bits per heavy atom. The van der Waals surface area contributed by atoms with E-state index in [4.69, 9.17) is 9.47 Å². The molecule has 2 amide bonds. The zero-order valence-corrected chi connectivity index (χ0v) is 23.4. The van der Waals surface area contributed by atoms with Gasteiger partial charge in [0.2, 0.25) is 5.91 Å². The number of nitrogens with one attached hydrogen (secondary N) is 2. The number of alkyl halides is 3. The van der Waals surface area contributed by atoms with Crippen LogP contribution in [0, 0.1) is 5.92 Å². The minimum Gasteiger partial charge on any atom is -0.392 e. The molecule has 0 unspecified atom stereocenters. The highest BCUT2D eigenvalue weighted by Crippen LogP contribution is 2.43. The molecule has 224 valence electrons. The minimum atomic E-state index is -5.05. The second-order valence-corrected chi connectivity index (χ2v) is 11.2.